The first kappa shape index (κ1) is 13.3. The lowest BCUT2D eigenvalue weighted by Gasteiger charge is -1.91. The molecule has 0 saturated heterocycles. The Bertz CT molecular complexity index is 482. The lowest BCUT2D eigenvalue weighted by atomic mass is 10.2. The van der Waals surface area contributed by atoms with Gasteiger partial charge in [0.2, 0.25) is 5.91 Å². The third-order valence-corrected chi connectivity index (χ3v) is 1.71. The minimum absolute atomic E-state index is 0.339. The lowest BCUT2D eigenvalue weighted by molar-refractivity contribution is -0.114. The largest absolute Gasteiger partial charge is 0.366 e. The summed E-state index contributed by atoms with van der Waals surface area (Å²) >= 11 is 0. The van der Waals surface area contributed by atoms with Crippen LogP contribution in [0.25, 0.3) is 0 Å². The topological polar surface area (TPSA) is 89.4 Å². The van der Waals surface area contributed by atoms with E-state index in [0.29, 0.717) is 5.57 Å². The van der Waals surface area contributed by atoms with E-state index in [1.54, 1.807) is 36.5 Å². The van der Waals surface area contributed by atoms with E-state index in [1.807, 2.05) is 0 Å². The number of nitrogens with zero attached hydrogens (tertiary/aromatic N) is 3. The molecule has 0 unspecified atom stereocenters. The highest BCUT2D eigenvalue weighted by Gasteiger charge is 1.96. The predicted octanol–water partition coefficient (Wildman–Crippen LogP) is 1.96. The minimum Gasteiger partial charge on any atom is -0.366 e. The Balaban J connectivity index is 2.88. The maximum absolute atomic E-state index is 11.1. The van der Waals surface area contributed by atoms with Crippen LogP contribution in [-0.2, 0) is 9.63 Å². The molecule has 1 rings (SSSR count). The van der Waals surface area contributed by atoms with Gasteiger partial charge in [-0.2, -0.15) is 0 Å². The van der Waals surface area contributed by atoms with Gasteiger partial charge in [-0.05, 0) is 29.5 Å². The monoisotopic (exact) mass is 244 g/mol. The minimum atomic E-state index is -0.533. The normalized spacial score (nSPS) is 29.2. The van der Waals surface area contributed by atoms with Gasteiger partial charge in [-0.15, -0.1) is 5.10 Å². The lowest BCUT2D eigenvalue weighted by Crippen LogP contribution is -2.12. The van der Waals surface area contributed by atoms with Gasteiger partial charge in [-0.3, -0.25) is 4.79 Å². The van der Waals surface area contributed by atoms with Gasteiger partial charge in [-0.25, -0.2) is 0 Å². The summed E-state index contributed by atoms with van der Waals surface area (Å²) in [6.45, 7) is 0. The van der Waals surface area contributed by atoms with E-state index in [0.717, 1.165) is 0 Å². The number of hydrogen-bond donors (Lipinski definition) is 1. The molecule has 0 bridgehead atoms. The van der Waals surface area contributed by atoms with Gasteiger partial charge < -0.3 is 10.6 Å². The van der Waals surface area contributed by atoms with Crippen molar-refractivity contribution in [2.75, 3.05) is 0 Å². The third-order valence-electron chi connectivity index (χ3n) is 1.71. The Labute approximate surface area is 104 Å². The molecule has 0 aromatic rings. The zero-order chi connectivity index (χ0) is 13.1. The number of primary amides is 1. The molecule has 1 amide bonds. The van der Waals surface area contributed by atoms with Crippen LogP contribution < -0.4 is 5.73 Å². The highest BCUT2D eigenvalue weighted by Crippen LogP contribution is 1.98. The second-order valence-electron chi connectivity index (χ2n) is 2.98. The molecule has 1 aliphatic rings. The van der Waals surface area contributed by atoms with Gasteiger partial charge in [0.15, 0.2) is 0 Å². The van der Waals surface area contributed by atoms with E-state index in [9.17, 15) is 4.79 Å². The summed E-state index contributed by atoms with van der Waals surface area (Å²) in [4.78, 5) is 15.7. The predicted molar refractivity (Wildman–Crippen MR) is 68.3 cm³/mol. The average molecular weight is 244 g/mol. The van der Waals surface area contributed by atoms with Crippen LogP contribution in [0.1, 0.15) is 0 Å². The van der Waals surface area contributed by atoms with E-state index >= 15 is 0 Å². The first-order chi connectivity index (χ1) is 8.80. The summed E-state index contributed by atoms with van der Waals surface area (Å²) < 4.78 is 0. The first-order valence-corrected chi connectivity index (χ1v) is 5.06. The average Bonchev–Trinajstić information content (AvgIpc) is 2.36. The van der Waals surface area contributed by atoms with Crippen molar-refractivity contribution in [2.45, 2.75) is 0 Å². The first-order valence-electron chi connectivity index (χ1n) is 5.06. The molecule has 1 heterocycles. The number of carbonyl (C=O) groups is 1. The van der Waals surface area contributed by atoms with Gasteiger partial charge in [0, 0.05) is 5.57 Å². The van der Waals surface area contributed by atoms with Crippen LogP contribution in [0.3, 0.4) is 0 Å². The van der Waals surface area contributed by atoms with Crippen LogP contribution in [0.15, 0.2) is 76.0 Å². The van der Waals surface area contributed by atoms with Crippen LogP contribution in [0.2, 0.25) is 0 Å². The number of amides is 1. The van der Waals surface area contributed by atoms with Crippen molar-refractivity contribution < 1.29 is 9.63 Å². The molecule has 6 nitrogen and oxygen atoms in total. The van der Waals surface area contributed by atoms with E-state index < -0.39 is 5.91 Å². The molecular weight excluding hydrogens is 232 g/mol. The van der Waals surface area contributed by atoms with Crippen molar-refractivity contribution in [3.05, 3.63) is 60.4 Å². The number of allylic oxidation sites excluding steroid dienone is 7. The molecule has 0 aromatic carbocycles. The van der Waals surface area contributed by atoms with Crippen LogP contribution in [0, 0.1) is 0 Å². The second-order valence-corrected chi connectivity index (χ2v) is 2.98. The smallest absolute Gasteiger partial charge is 0.248 e. The zero-order valence-corrected chi connectivity index (χ0v) is 9.51. The number of hydrogen-bond acceptors (Lipinski definition) is 5. The maximum atomic E-state index is 11.1. The van der Waals surface area contributed by atoms with Crippen LogP contribution in [0.4, 0.5) is 0 Å². The molecule has 0 saturated carbocycles. The molecule has 0 aliphatic carbocycles. The SMILES string of the molecule is NC(=O)C1=C/C=C\O\N=N/N=C/C=C\C=C/C=C\1. The van der Waals surface area contributed by atoms with Crippen molar-refractivity contribution in [1.29, 1.82) is 0 Å². The Hall–Kier alpha value is -2.76. The molecule has 0 radical (unpaired) electrons. The summed E-state index contributed by atoms with van der Waals surface area (Å²) in [7, 11) is 0. The highest BCUT2D eigenvalue weighted by atomic mass is 16.6. The van der Waals surface area contributed by atoms with Crippen molar-refractivity contribution in [2.24, 2.45) is 21.3 Å². The quantitative estimate of drug-likeness (QED) is 0.763. The summed E-state index contributed by atoms with van der Waals surface area (Å²) in [5.74, 6) is -0.533. The van der Waals surface area contributed by atoms with Crippen LogP contribution >= 0.6 is 0 Å². The fourth-order valence-corrected chi connectivity index (χ4v) is 0.937. The van der Waals surface area contributed by atoms with E-state index in [2.05, 4.69) is 20.4 Å². The molecule has 6 heteroatoms. The molecule has 92 valence electrons. The van der Waals surface area contributed by atoms with E-state index in [4.69, 9.17) is 5.73 Å². The summed E-state index contributed by atoms with van der Waals surface area (Å²) in [5, 5.41) is 10.2. The molecule has 18 heavy (non-hydrogen) atoms. The molecule has 1 aliphatic heterocycles. The van der Waals surface area contributed by atoms with Crippen molar-refractivity contribution in [1.82, 2.24) is 0 Å². The van der Waals surface area contributed by atoms with Gasteiger partial charge in [0.1, 0.15) is 6.26 Å². The fourth-order valence-electron chi connectivity index (χ4n) is 0.937. The molecular formula is C12H12N4O2. The number of rotatable bonds is 1. The maximum Gasteiger partial charge on any atom is 0.248 e. The number of nitrogens with two attached hydrogens (primary N) is 1. The Morgan fingerprint density at radius 2 is 1.89 bits per heavy atom. The Morgan fingerprint density at radius 3 is 2.72 bits per heavy atom. The highest BCUT2D eigenvalue weighted by molar-refractivity contribution is 5.95. The molecule has 0 fully saturated rings. The molecule has 2 N–H and O–H groups in total. The van der Waals surface area contributed by atoms with Gasteiger partial charge >= 0.3 is 0 Å². The Morgan fingerprint density at radius 1 is 1.11 bits per heavy atom. The fraction of sp³-hybridized carbons (Fsp3) is 0. The van der Waals surface area contributed by atoms with E-state index in [-0.39, 0.29) is 0 Å². The van der Waals surface area contributed by atoms with E-state index in [1.165, 1.54) is 24.6 Å². The van der Waals surface area contributed by atoms with Crippen LogP contribution in [-0.4, -0.2) is 12.1 Å². The van der Waals surface area contributed by atoms with Crippen LogP contribution in [0.5, 0.6) is 0 Å². The van der Waals surface area contributed by atoms with Gasteiger partial charge in [0.25, 0.3) is 0 Å². The zero-order valence-electron chi connectivity index (χ0n) is 9.51. The van der Waals surface area contributed by atoms with Gasteiger partial charge in [-0.1, -0.05) is 24.3 Å². The molecule has 0 aromatic heterocycles. The van der Waals surface area contributed by atoms with Crippen molar-refractivity contribution >= 4 is 12.1 Å². The number of carbonyl (C=O) groups excluding carboxylic acids is 1. The van der Waals surface area contributed by atoms with Gasteiger partial charge in [0.05, 0.1) is 11.5 Å². The second kappa shape index (κ2) is 8.40. The summed E-state index contributed by atoms with van der Waals surface area (Å²) in [6, 6.07) is 0. The molecule has 0 atom stereocenters. The van der Waals surface area contributed by atoms with Crippen molar-refractivity contribution in [3.8, 4) is 0 Å². The summed E-state index contributed by atoms with van der Waals surface area (Å²) in [5.41, 5.74) is 5.53. The van der Waals surface area contributed by atoms with Crippen molar-refractivity contribution in [3.63, 3.8) is 0 Å². The molecule has 0 spiro atoms. The summed E-state index contributed by atoms with van der Waals surface area (Å²) in [6.07, 6.45) is 15.9. The third kappa shape index (κ3) is 5.96. The standard InChI is InChI=1S/C12H12N4O2/c13-12(17)11-7-4-2-1-3-5-9-14-15-16-18-10-6-8-11/h1-10H,(H2,13,17)/b2-1-,5-3-,7-4-,10-6-,11-8+,14-9+,16-15-. The Kier molecular flexibility index (Phi) is 6.21.